The summed E-state index contributed by atoms with van der Waals surface area (Å²) in [5.41, 5.74) is 0. The quantitative estimate of drug-likeness (QED) is 0.421. The molecule has 14 heavy (non-hydrogen) atoms. The first-order chi connectivity index (χ1) is 6.83. The Morgan fingerprint density at radius 3 is 1.29 bits per heavy atom. The summed E-state index contributed by atoms with van der Waals surface area (Å²) < 4.78 is 0. The number of aliphatic hydroxyl groups excluding tert-OH is 2. The van der Waals surface area contributed by atoms with E-state index >= 15 is 0 Å². The van der Waals surface area contributed by atoms with E-state index in [0.717, 1.165) is 39.0 Å². The van der Waals surface area contributed by atoms with Crippen LogP contribution in [0.4, 0.5) is 0 Å². The molecule has 0 spiro atoms. The van der Waals surface area contributed by atoms with Crippen molar-refractivity contribution in [3.63, 3.8) is 0 Å². The highest BCUT2D eigenvalue weighted by Crippen LogP contribution is 1.66. The average Bonchev–Trinajstić information content (AvgIpc) is 2.21. The van der Waals surface area contributed by atoms with Gasteiger partial charge < -0.3 is 20.8 Å². The van der Waals surface area contributed by atoms with Gasteiger partial charge >= 0.3 is 0 Å². The third-order valence-corrected chi connectivity index (χ3v) is 1.43. The van der Waals surface area contributed by atoms with Crippen molar-refractivity contribution in [3.05, 3.63) is 0 Å². The van der Waals surface area contributed by atoms with Gasteiger partial charge in [0.15, 0.2) is 0 Å². The van der Waals surface area contributed by atoms with Crippen molar-refractivity contribution < 1.29 is 10.2 Å². The molecule has 0 amide bonds. The Labute approximate surface area is 87.7 Å². The highest BCUT2D eigenvalue weighted by molar-refractivity contribution is 4.40. The van der Waals surface area contributed by atoms with Gasteiger partial charge in [-0.2, -0.15) is 0 Å². The molecule has 0 unspecified atom stereocenters. The largest absolute Gasteiger partial charge is 0.395 e. The second-order valence-corrected chi connectivity index (χ2v) is 2.95. The fourth-order valence-corrected chi connectivity index (χ4v) is 0.762. The van der Waals surface area contributed by atoms with E-state index in [-0.39, 0.29) is 13.2 Å². The molecule has 0 saturated heterocycles. The average molecular weight is 206 g/mol. The summed E-state index contributed by atoms with van der Waals surface area (Å²) in [4.78, 5) is 0. The van der Waals surface area contributed by atoms with Crippen LogP contribution in [0.15, 0.2) is 0 Å². The van der Waals surface area contributed by atoms with Crippen LogP contribution in [0.25, 0.3) is 0 Å². The first-order valence-electron chi connectivity index (χ1n) is 5.46. The van der Waals surface area contributed by atoms with Crippen LogP contribution in [-0.4, -0.2) is 49.6 Å². The van der Waals surface area contributed by atoms with Crippen molar-refractivity contribution in [3.8, 4) is 0 Å². The van der Waals surface area contributed by atoms with Crippen LogP contribution < -0.4 is 10.6 Å². The second kappa shape index (κ2) is 18.6. The van der Waals surface area contributed by atoms with E-state index in [1.807, 2.05) is 0 Å². The van der Waals surface area contributed by atoms with E-state index < -0.39 is 0 Å². The lowest BCUT2D eigenvalue weighted by molar-refractivity contribution is 0.292. The SMILES string of the molecule is CCCNCCO.CCCNCCO. The molecular weight excluding hydrogens is 180 g/mol. The molecular formula is C10H26N2O2. The van der Waals surface area contributed by atoms with Crippen molar-refractivity contribution in [2.45, 2.75) is 26.7 Å². The van der Waals surface area contributed by atoms with Crippen LogP contribution in [-0.2, 0) is 0 Å². The van der Waals surface area contributed by atoms with E-state index in [2.05, 4.69) is 24.5 Å². The maximum atomic E-state index is 8.23. The van der Waals surface area contributed by atoms with Gasteiger partial charge in [0.25, 0.3) is 0 Å². The monoisotopic (exact) mass is 206 g/mol. The number of nitrogens with one attached hydrogen (secondary N) is 2. The zero-order valence-corrected chi connectivity index (χ0v) is 9.55. The lowest BCUT2D eigenvalue weighted by Gasteiger charge is -1.95. The Hall–Kier alpha value is -0.160. The van der Waals surface area contributed by atoms with Crippen molar-refractivity contribution in [2.24, 2.45) is 0 Å². The molecule has 0 aliphatic heterocycles. The van der Waals surface area contributed by atoms with Crippen LogP contribution in [0, 0.1) is 0 Å². The van der Waals surface area contributed by atoms with Gasteiger partial charge in [0.2, 0.25) is 0 Å². The zero-order chi connectivity index (χ0) is 11.1. The van der Waals surface area contributed by atoms with Gasteiger partial charge in [-0.1, -0.05) is 13.8 Å². The molecule has 0 atom stereocenters. The Morgan fingerprint density at radius 1 is 0.714 bits per heavy atom. The Bertz CT molecular complexity index is 64.5. The summed E-state index contributed by atoms with van der Waals surface area (Å²) in [6.07, 6.45) is 2.28. The first-order valence-corrected chi connectivity index (χ1v) is 5.46. The van der Waals surface area contributed by atoms with E-state index in [4.69, 9.17) is 10.2 Å². The van der Waals surface area contributed by atoms with Crippen LogP contribution in [0.1, 0.15) is 26.7 Å². The fourth-order valence-electron chi connectivity index (χ4n) is 0.762. The minimum Gasteiger partial charge on any atom is -0.395 e. The summed E-state index contributed by atoms with van der Waals surface area (Å²) in [7, 11) is 0. The van der Waals surface area contributed by atoms with Crippen LogP contribution in [0.2, 0.25) is 0 Å². The molecule has 0 aromatic heterocycles. The number of hydrogen-bond acceptors (Lipinski definition) is 4. The highest BCUT2D eigenvalue weighted by Gasteiger charge is 1.78. The molecule has 0 heterocycles. The van der Waals surface area contributed by atoms with Gasteiger partial charge in [-0.3, -0.25) is 0 Å². The smallest absolute Gasteiger partial charge is 0.0555 e. The van der Waals surface area contributed by atoms with Crippen molar-refractivity contribution >= 4 is 0 Å². The normalized spacial score (nSPS) is 9.43. The Morgan fingerprint density at radius 2 is 1.07 bits per heavy atom. The summed E-state index contributed by atoms with van der Waals surface area (Å²) in [6.45, 7) is 8.19. The van der Waals surface area contributed by atoms with Gasteiger partial charge in [-0.05, 0) is 25.9 Å². The maximum Gasteiger partial charge on any atom is 0.0555 e. The summed E-state index contributed by atoms with van der Waals surface area (Å²) in [5.74, 6) is 0. The van der Waals surface area contributed by atoms with E-state index in [1.54, 1.807) is 0 Å². The van der Waals surface area contributed by atoms with Gasteiger partial charge in [0, 0.05) is 13.1 Å². The van der Waals surface area contributed by atoms with Gasteiger partial charge in [0.1, 0.15) is 0 Å². The minimum absolute atomic E-state index is 0.250. The lowest BCUT2D eigenvalue weighted by Crippen LogP contribution is -2.18. The third-order valence-electron chi connectivity index (χ3n) is 1.43. The predicted molar refractivity (Wildman–Crippen MR) is 60.5 cm³/mol. The van der Waals surface area contributed by atoms with E-state index in [9.17, 15) is 0 Å². The van der Waals surface area contributed by atoms with Crippen molar-refractivity contribution in [1.29, 1.82) is 0 Å². The minimum atomic E-state index is 0.250. The molecule has 4 heteroatoms. The molecule has 4 N–H and O–H groups in total. The molecule has 0 aliphatic carbocycles. The topological polar surface area (TPSA) is 64.5 Å². The molecule has 88 valence electrons. The van der Waals surface area contributed by atoms with E-state index in [0.29, 0.717) is 0 Å². The molecule has 0 bridgehead atoms. The predicted octanol–water partition coefficient (Wildman–Crippen LogP) is -0.0434. The van der Waals surface area contributed by atoms with Crippen LogP contribution in [0.3, 0.4) is 0 Å². The summed E-state index contributed by atoms with van der Waals surface area (Å²) in [5, 5.41) is 22.5. The second-order valence-electron chi connectivity index (χ2n) is 2.95. The van der Waals surface area contributed by atoms with E-state index in [1.165, 1.54) is 0 Å². The highest BCUT2D eigenvalue weighted by atomic mass is 16.3. The lowest BCUT2D eigenvalue weighted by atomic mass is 10.5. The molecule has 0 radical (unpaired) electrons. The molecule has 0 aromatic rings. The standard InChI is InChI=1S/2C5H13NO/c2*1-2-3-6-4-5-7/h2*6-7H,2-5H2,1H3. The van der Waals surface area contributed by atoms with Gasteiger partial charge in [-0.15, -0.1) is 0 Å². The van der Waals surface area contributed by atoms with Crippen LogP contribution in [0.5, 0.6) is 0 Å². The number of aliphatic hydroxyl groups is 2. The summed E-state index contributed by atoms with van der Waals surface area (Å²) >= 11 is 0. The van der Waals surface area contributed by atoms with Gasteiger partial charge in [-0.25, -0.2) is 0 Å². The fraction of sp³-hybridized carbons (Fsp3) is 1.00. The van der Waals surface area contributed by atoms with Crippen molar-refractivity contribution in [1.82, 2.24) is 10.6 Å². The first kappa shape index (κ1) is 16.3. The Kier molecular flexibility index (Phi) is 21.6. The molecule has 0 aromatic carbocycles. The van der Waals surface area contributed by atoms with Gasteiger partial charge in [0.05, 0.1) is 13.2 Å². The van der Waals surface area contributed by atoms with Crippen molar-refractivity contribution in [2.75, 3.05) is 39.4 Å². The zero-order valence-electron chi connectivity index (χ0n) is 9.55. The summed E-state index contributed by atoms with van der Waals surface area (Å²) in [6, 6.07) is 0. The number of rotatable bonds is 8. The maximum absolute atomic E-state index is 8.23. The molecule has 0 aliphatic rings. The number of hydrogen-bond donors (Lipinski definition) is 4. The Balaban J connectivity index is 0. The third kappa shape index (κ3) is 22.6. The van der Waals surface area contributed by atoms with Crippen LogP contribution >= 0.6 is 0 Å². The molecule has 0 fully saturated rings. The molecule has 0 rings (SSSR count). The molecule has 0 saturated carbocycles. The molecule has 4 nitrogen and oxygen atoms in total.